The van der Waals surface area contributed by atoms with E-state index in [1.807, 2.05) is 44.3 Å². The molecule has 2 heterocycles. The smallest absolute Gasteiger partial charge is 0.315 e. The van der Waals surface area contributed by atoms with Gasteiger partial charge in [0.2, 0.25) is 0 Å². The van der Waals surface area contributed by atoms with Gasteiger partial charge in [0, 0.05) is 33.3 Å². The molecule has 0 bridgehead atoms. The Hall–Kier alpha value is -2.02. The highest BCUT2D eigenvalue weighted by molar-refractivity contribution is 14.1. The van der Waals surface area contributed by atoms with Crippen LogP contribution in [0.2, 0.25) is 0 Å². The molecule has 1 aliphatic heterocycles. The highest BCUT2D eigenvalue weighted by Crippen LogP contribution is 2.44. The molecule has 128 valence electrons. The van der Waals surface area contributed by atoms with Gasteiger partial charge in [0.25, 0.3) is 0 Å². The minimum absolute atomic E-state index is 0.149. The molecule has 0 saturated heterocycles. The predicted molar refractivity (Wildman–Crippen MR) is 107 cm³/mol. The van der Waals surface area contributed by atoms with Crippen molar-refractivity contribution in [3.05, 3.63) is 69.2 Å². The maximum atomic E-state index is 12.6. The van der Waals surface area contributed by atoms with Crippen LogP contribution in [-0.4, -0.2) is 23.8 Å². The number of carbonyl (C=O) groups is 1. The third-order valence-corrected chi connectivity index (χ3v) is 5.13. The average molecular weight is 446 g/mol. The van der Waals surface area contributed by atoms with Gasteiger partial charge in [-0.05, 0) is 71.3 Å². The van der Waals surface area contributed by atoms with Crippen LogP contribution < -0.4 is 0 Å². The fourth-order valence-corrected chi connectivity index (χ4v) is 4.00. The zero-order valence-electron chi connectivity index (χ0n) is 14.4. The molecule has 0 fully saturated rings. The highest BCUT2D eigenvalue weighted by Gasteiger charge is 2.39. The standard InChI is InChI=1S/C20H19IN2O2/c1-12-17(15-7-5-9-22-11-15)19(14-6-4-8-16(21)10-14)18(13(2)23-12)20(24)25-3/h4-11,18-19H,1-3H3. The topological polar surface area (TPSA) is 51.5 Å². The Balaban J connectivity index is 2.24. The fraction of sp³-hybridized carbons (Fsp3) is 0.250. The average Bonchev–Trinajstić information content (AvgIpc) is 2.61. The Bertz CT molecular complexity index is 859. The lowest BCUT2D eigenvalue weighted by Crippen LogP contribution is -2.33. The number of nitrogens with zero attached hydrogens (tertiary/aromatic N) is 2. The van der Waals surface area contributed by atoms with E-state index in [1.54, 1.807) is 6.20 Å². The molecule has 0 radical (unpaired) electrons. The number of hydrogen-bond acceptors (Lipinski definition) is 4. The first kappa shape index (κ1) is 17.8. The summed E-state index contributed by atoms with van der Waals surface area (Å²) in [6.07, 6.45) is 3.57. The van der Waals surface area contributed by atoms with E-state index in [1.165, 1.54) is 7.11 Å². The number of allylic oxidation sites excluding steroid dienone is 2. The molecule has 2 aromatic rings. The summed E-state index contributed by atoms with van der Waals surface area (Å²) in [4.78, 5) is 21.5. The van der Waals surface area contributed by atoms with E-state index in [4.69, 9.17) is 4.74 Å². The Morgan fingerprint density at radius 1 is 1.20 bits per heavy atom. The Kier molecular flexibility index (Phi) is 5.32. The molecule has 4 nitrogen and oxygen atoms in total. The number of pyridine rings is 1. The van der Waals surface area contributed by atoms with Crippen LogP contribution in [0.25, 0.3) is 5.57 Å². The molecule has 1 aliphatic rings. The van der Waals surface area contributed by atoms with Crippen molar-refractivity contribution < 1.29 is 9.53 Å². The molecule has 0 N–H and O–H groups in total. The number of esters is 1. The Morgan fingerprint density at radius 3 is 2.64 bits per heavy atom. The van der Waals surface area contributed by atoms with Crippen LogP contribution in [0.1, 0.15) is 30.9 Å². The third kappa shape index (κ3) is 3.51. The van der Waals surface area contributed by atoms with Crippen molar-refractivity contribution in [2.24, 2.45) is 10.9 Å². The second kappa shape index (κ2) is 7.47. The first-order chi connectivity index (χ1) is 12.0. The van der Waals surface area contributed by atoms with Gasteiger partial charge < -0.3 is 4.74 Å². The summed E-state index contributed by atoms with van der Waals surface area (Å²) in [6.45, 7) is 3.88. The molecule has 0 saturated carbocycles. The van der Waals surface area contributed by atoms with E-state index >= 15 is 0 Å². The molecular weight excluding hydrogens is 427 g/mol. The number of halogens is 1. The number of ether oxygens (including phenoxy) is 1. The van der Waals surface area contributed by atoms with Crippen LogP contribution in [0.3, 0.4) is 0 Å². The van der Waals surface area contributed by atoms with E-state index in [-0.39, 0.29) is 11.9 Å². The number of rotatable bonds is 3. The third-order valence-electron chi connectivity index (χ3n) is 4.46. The van der Waals surface area contributed by atoms with E-state index in [2.05, 4.69) is 44.7 Å². The molecule has 25 heavy (non-hydrogen) atoms. The van der Waals surface area contributed by atoms with Gasteiger partial charge in [-0.2, -0.15) is 0 Å². The van der Waals surface area contributed by atoms with Gasteiger partial charge in [0.1, 0.15) is 5.92 Å². The van der Waals surface area contributed by atoms with Crippen molar-refractivity contribution in [1.82, 2.24) is 4.98 Å². The first-order valence-corrected chi connectivity index (χ1v) is 9.10. The quantitative estimate of drug-likeness (QED) is 0.517. The molecule has 0 spiro atoms. The van der Waals surface area contributed by atoms with E-state index in [9.17, 15) is 4.79 Å². The number of methoxy groups -OCH3 is 1. The molecule has 1 aromatic carbocycles. The van der Waals surface area contributed by atoms with Crippen molar-refractivity contribution in [3.63, 3.8) is 0 Å². The lowest BCUT2D eigenvalue weighted by atomic mass is 9.74. The summed E-state index contributed by atoms with van der Waals surface area (Å²) in [5.41, 5.74) is 4.77. The van der Waals surface area contributed by atoms with Crippen LogP contribution in [0.4, 0.5) is 0 Å². The minimum Gasteiger partial charge on any atom is -0.468 e. The first-order valence-electron chi connectivity index (χ1n) is 8.02. The zero-order chi connectivity index (χ0) is 18.0. The number of aliphatic imine (C=N–C) groups is 1. The number of aromatic nitrogens is 1. The van der Waals surface area contributed by atoms with Crippen LogP contribution in [-0.2, 0) is 9.53 Å². The van der Waals surface area contributed by atoms with Gasteiger partial charge in [-0.25, -0.2) is 0 Å². The lowest BCUT2D eigenvalue weighted by molar-refractivity contribution is -0.143. The molecule has 3 rings (SSSR count). The molecule has 0 amide bonds. The second-order valence-electron chi connectivity index (χ2n) is 6.03. The Morgan fingerprint density at radius 2 is 2.00 bits per heavy atom. The van der Waals surface area contributed by atoms with Crippen molar-refractivity contribution in [1.29, 1.82) is 0 Å². The van der Waals surface area contributed by atoms with Crippen LogP contribution in [0.5, 0.6) is 0 Å². The SMILES string of the molecule is COC(=O)C1C(C)=NC(C)=C(c2cccnc2)C1c1cccc(I)c1. The van der Waals surface area contributed by atoms with Crippen molar-refractivity contribution in [2.45, 2.75) is 19.8 Å². The maximum absolute atomic E-state index is 12.6. The van der Waals surface area contributed by atoms with Gasteiger partial charge in [-0.15, -0.1) is 0 Å². The van der Waals surface area contributed by atoms with E-state index in [0.717, 1.165) is 31.7 Å². The van der Waals surface area contributed by atoms with Gasteiger partial charge >= 0.3 is 5.97 Å². The van der Waals surface area contributed by atoms with E-state index < -0.39 is 5.92 Å². The van der Waals surface area contributed by atoms with Crippen LogP contribution in [0.15, 0.2) is 59.5 Å². The molecule has 2 atom stereocenters. The molecule has 2 unspecified atom stereocenters. The van der Waals surface area contributed by atoms with Crippen LogP contribution in [0, 0.1) is 9.49 Å². The normalized spacial score (nSPS) is 20.2. The van der Waals surface area contributed by atoms with Gasteiger partial charge in [-0.1, -0.05) is 18.2 Å². The van der Waals surface area contributed by atoms with Crippen molar-refractivity contribution in [2.75, 3.05) is 7.11 Å². The summed E-state index contributed by atoms with van der Waals surface area (Å²) < 4.78 is 6.23. The van der Waals surface area contributed by atoms with Crippen molar-refractivity contribution in [3.8, 4) is 0 Å². The predicted octanol–water partition coefficient (Wildman–Crippen LogP) is 4.46. The number of hydrogen-bond donors (Lipinski definition) is 0. The lowest BCUT2D eigenvalue weighted by Gasteiger charge is -2.32. The number of benzene rings is 1. The van der Waals surface area contributed by atoms with Gasteiger partial charge in [-0.3, -0.25) is 14.8 Å². The highest BCUT2D eigenvalue weighted by atomic mass is 127. The summed E-state index contributed by atoms with van der Waals surface area (Å²) in [7, 11) is 1.43. The largest absolute Gasteiger partial charge is 0.468 e. The summed E-state index contributed by atoms with van der Waals surface area (Å²) in [5, 5.41) is 0. The molecule has 0 aliphatic carbocycles. The van der Waals surface area contributed by atoms with Crippen LogP contribution >= 0.6 is 22.6 Å². The Labute approximate surface area is 161 Å². The minimum atomic E-state index is -0.442. The molecule has 1 aromatic heterocycles. The zero-order valence-corrected chi connectivity index (χ0v) is 16.5. The molecular formula is C20H19IN2O2. The summed E-state index contributed by atoms with van der Waals surface area (Å²) in [6, 6.07) is 12.1. The number of carbonyl (C=O) groups excluding carboxylic acids is 1. The molecule has 5 heteroatoms. The van der Waals surface area contributed by atoms with Gasteiger partial charge in [0.05, 0.1) is 7.11 Å². The van der Waals surface area contributed by atoms with Crippen molar-refractivity contribution >= 4 is 39.8 Å². The second-order valence-corrected chi connectivity index (χ2v) is 7.27. The van der Waals surface area contributed by atoms with E-state index in [0.29, 0.717) is 0 Å². The summed E-state index contributed by atoms with van der Waals surface area (Å²) >= 11 is 2.29. The maximum Gasteiger partial charge on any atom is 0.315 e. The monoisotopic (exact) mass is 446 g/mol. The van der Waals surface area contributed by atoms with Gasteiger partial charge in [0.15, 0.2) is 0 Å². The summed E-state index contributed by atoms with van der Waals surface area (Å²) in [5.74, 6) is -0.857. The fourth-order valence-electron chi connectivity index (χ4n) is 3.43.